The predicted molar refractivity (Wildman–Crippen MR) is 102 cm³/mol. The van der Waals surface area contributed by atoms with E-state index >= 15 is 0 Å². The molecule has 1 aliphatic heterocycles. The van der Waals surface area contributed by atoms with Crippen LogP contribution in [-0.2, 0) is 4.79 Å². The number of nitrogens with one attached hydrogen (secondary N) is 1. The number of nitro benzene ring substituents is 1. The summed E-state index contributed by atoms with van der Waals surface area (Å²) in [7, 11) is 0. The van der Waals surface area contributed by atoms with Crippen molar-refractivity contribution in [1.29, 1.82) is 0 Å². The molecule has 1 aromatic rings. The molecular weight excluding hydrogens is 437 g/mol. The van der Waals surface area contributed by atoms with Crippen LogP contribution in [0, 0.1) is 19.6 Å². The zero-order chi connectivity index (χ0) is 18.4. The number of nitrogens with zero attached hydrogens (tertiary/aromatic N) is 2. The molecule has 1 atom stereocenters. The number of carbonyl (C=O) groups excluding carboxylic acids is 2. The quantitative estimate of drug-likeness (QED) is 0.402. The fourth-order valence-electron chi connectivity index (χ4n) is 2.95. The van der Waals surface area contributed by atoms with Gasteiger partial charge in [0.1, 0.15) is 0 Å². The highest BCUT2D eigenvalue weighted by atomic mass is 127. The molecule has 1 saturated heterocycles. The largest absolute Gasteiger partial charge is 0.356 e. The van der Waals surface area contributed by atoms with Crippen molar-refractivity contribution in [3.8, 4) is 0 Å². The third-order valence-corrected chi connectivity index (χ3v) is 5.16. The van der Waals surface area contributed by atoms with Gasteiger partial charge in [0, 0.05) is 41.8 Å². The average molecular weight is 459 g/mol. The molecule has 25 heavy (non-hydrogen) atoms. The van der Waals surface area contributed by atoms with E-state index in [4.69, 9.17) is 0 Å². The Bertz CT molecular complexity index is 665. The fourth-order valence-corrected chi connectivity index (χ4v) is 3.68. The highest BCUT2D eigenvalue weighted by Crippen LogP contribution is 2.23. The Morgan fingerprint density at radius 1 is 1.44 bits per heavy atom. The first-order chi connectivity index (χ1) is 11.9. The van der Waals surface area contributed by atoms with Gasteiger partial charge in [0.2, 0.25) is 5.91 Å². The Morgan fingerprint density at radius 2 is 2.20 bits per heavy atom. The van der Waals surface area contributed by atoms with Gasteiger partial charge in [-0.05, 0) is 53.8 Å². The van der Waals surface area contributed by atoms with Gasteiger partial charge in [0.25, 0.3) is 11.6 Å². The molecule has 1 N–H and O–H groups in total. The highest BCUT2D eigenvalue weighted by molar-refractivity contribution is 14.1. The normalized spacial score (nSPS) is 17.2. The smallest absolute Gasteiger partial charge is 0.270 e. The predicted octanol–water partition coefficient (Wildman–Crippen LogP) is 2.97. The molecule has 1 aromatic carbocycles. The standard InChI is InChI=1S/C17H22IN3O4/c1-2-4-16(22)19-10-12-5-3-8-20(11-12)17(23)14-7-6-13(21(24)25)9-15(14)18/h6-7,9,12H,2-5,8,10-11H2,1H3,(H,19,22). The van der Waals surface area contributed by atoms with Crippen LogP contribution in [0.4, 0.5) is 5.69 Å². The average Bonchev–Trinajstić information content (AvgIpc) is 2.59. The van der Waals surface area contributed by atoms with Crippen LogP contribution in [0.5, 0.6) is 0 Å². The monoisotopic (exact) mass is 459 g/mol. The zero-order valence-electron chi connectivity index (χ0n) is 14.2. The van der Waals surface area contributed by atoms with Gasteiger partial charge in [-0.25, -0.2) is 0 Å². The van der Waals surface area contributed by atoms with Gasteiger partial charge in [-0.15, -0.1) is 0 Å². The topological polar surface area (TPSA) is 92.6 Å². The lowest BCUT2D eigenvalue weighted by Gasteiger charge is -2.33. The second-order valence-electron chi connectivity index (χ2n) is 6.23. The molecule has 0 aliphatic carbocycles. The van der Waals surface area contributed by atoms with Gasteiger partial charge in [0.15, 0.2) is 0 Å². The lowest BCUT2D eigenvalue weighted by Crippen LogP contribution is -2.43. The van der Waals surface area contributed by atoms with Gasteiger partial charge < -0.3 is 10.2 Å². The summed E-state index contributed by atoms with van der Waals surface area (Å²) in [6, 6.07) is 4.30. The van der Waals surface area contributed by atoms with E-state index in [2.05, 4.69) is 5.32 Å². The van der Waals surface area contributed by atoms with E-state index in [-0.39, 0.29) is 23.4 Å². The number of amides is 2. The molecule has 136 valence electrons. The van der Waals surface area contributed by atoms with Crippen molar-refractivity contribution in [2.75, 3.05) is 19.6 Å². The Hall–Kier alpha value is -1.71. The van der Waals surface area contributed by atoms with Crippen molar-refractivity contribution in [3.05, 3.63) is 37.4 Å². The number of likely N-dealkylation sites (tertiary alicyclic amines) is 1. The maximum Gasteiger partial charge on any atom is 0.270 e. The Kier molecular flexibility index (Phi) is 7.15. The van der Waals surface area contributed by atoms with Crippen LogP contribution in [-0.4, -0.2) is 41.3 Å². The summed E-state index contributed by atoms with van der Waals surface area (Å²) in [5.41, 5.74) is 0.470. The number of hydrogen-bond donors (Lipinski definition) is 1. The molecule has 1 unspecified atom stereocenters. The molecule has 8 heteroatoms. The lowest BCUT2D eigenvalue weighted by molar-refractivity contribution is -0.384. The number of rotatable bonds is 6. The number of carbonyl (C=O) groups is 2. The van der Waals surface area contributed by atoms with Crippen molar-refractivity contribution in [2.24, 2.45) is 5.92 Å². The number of piperidine rings is 1. The Morgan fingerprint density at radius 3 is 2.84 bits per heavy atom. The van der Waals surface area contributed by atoms with Crippen LogP contribution in [0.1, 0.15) is 43.0 Å². The van der Waals surface area contributed by atoms with Crippen molar-refractivity contribution in [3.63, 3.8) is 0 Å². The van der Waals surface area contributed by atoms with E-state index in [0.29, 0.717) is 35.2 Å². The van der Waals surface area contributed by atoms with Gasteiger partial charge >= 0.3 is 0 Å². The second-order valence-corrected chi connectivity index (χ2v) is 7.40. The van der Waals surface area contributed by atoms with Gasteiger partial charge in [-0.3, -0.25) is 19.7 Å². The van der Waals surface area contributed by atoms with E-state index < -0.39 is 4.92 Å². The first-order valence-corrected chi connectivity index (χ1v) is 9.50. The molecule has 1 aliphatic rings. The molecular formula is C17H22IN3O4. The maximum atomic E-state index is 12.8. The van der Waals surface area contributed by atoms with Crippen molar-refractivity contribution >= 4 is 40.1 Å². The lowest BCUT2D eigenvalue weighted by atomic mass is 9.97. The molecule has 0 bridgehead atoms. The first kappa shape index (κ1) is 19.6. The van der Waals surface area contributed by atoms with E-state index in [1.165, 1.54) is 18.2 Å². The van der Waals surface area contributed by atoms with E-state index in [0.717, 1.165) is 19.3 Å². The number of non-ortho nitro benzene ring substituents is 1. The van der Waals surface area contributed by atoms with Crippen LogP contribution < -0.4 is 5.32 Å². The minimum absolute atomic E-state index is 0.0175. The van der Waals surface area contributed by atoms with Crippen LogP contribution >= 0.6 is 22.6 Å². The van der Waals surface area contributed by atoms with Gasteiger partial charge in [-0.2, -0.15) is 0 Å². The third kappa shape index (κ3) is 5.38. The Labute approximate surface area is 160 Å². The van der Waals surface area contributed by atoms with Gasteiger partial charge in [0.05, 0.1) is 10.5 Å². The number of nitro groups is 1. The Balaban J connectivity index is 1.99. The summed E-state index contributed by atoms with van der Waals surface area (Å²) >= 11 is 1.96. The molecule has 2 amide bonds. The van der Waals surface area contributed by atoms with E-state index in [9.17, 15) is 19.7 Å². The minimum atomic E-state index is -0.466. The molecule has 7 nitrogen and oxygen atoms in total. The van der Waals surface area contributed by atoms with Crippen molar-refractivity contribution in [2.45, 2.75) is 32.6 Å². The summed E-state index contributed by atoms with van der Waals surface area (Å²) in [6.07, 6.45) is 3.22. The molecule has 0 radical (unpaired) electrons. The SMILES string of the molecule is CCCC(=O)NCC1CCCN(C(=O)c2ccc([N+](=O)[O-])cc2I)C1. The molecule has 0 aromatic heterocycles. The molecule has 1 fully saturated rings. The maximum absolute atomic E-state index is 12.8. The third-order valence-electron chi connectivity index (χ3n) is 4.27. The zero-order valence-corrected chi connectivity index (χ0v) is 16.3. The van der Waals surface area contributed by atoms with E-state index in [1.54, 1.807) is 4.90 Å². The van der Waals surface area contributed by atoms with Crippen LogP contribution in [0.2, 0.25) is 0 Å². The van der Waals surface area contributed by atoms with Crippen molar-refractivity contribution < 1.29 is 14.5 Å². The summed E-state index contributed by atoms with van der Waals surface area (Å²) in [5.74, 6) is 0.189. The highest BCUT2D eigenvalue weighted by Gasteiger charge is 2.26. The first-order valence-electron chi connectivity index (χ1n) is 8.42. The molecule has 1 heterocycles. The number of hydrogen-bond acceptors (Lipinski definition) is 4. The molecule has 0 saturated carbocycles. The summed E-state index contributed by atoms with van der Waals surface area (Å²) in [5, 5.41) is 13.8. The summed E-state index contributed by atoms with van der Waals surface area (Å²) < 4.78 is 0.579. The summed E-state index contributed by atoms with van der Waals surface area (Å²) in [6.45, 7) is 3.82. The fraction of sp³-hybridized carbons (Fsp3) is 0.529. The van der Waals surface area contributed by atoms with Gasteiger partial charge in [-0.1, -0.05) is 6.92 Å². The second kappa shape index (κ2) is 9.12. The summed E-state index contributed by atoms with van der Waals surface area (Å²) in [4.78, 5) is 36.5. The molecule has 2 rings (SSSR count). The number of halogens is 1. The van der Waals surface area contributed by atoms with E-state index in [1.807, 2.05) is 29.5 Å². The number of benzene rings is 1. The minimum Gasteiger partial charge on any atom is -0.356 e. The van der Waals surface area contributed by atoms with Crippen LogP contribution in [0.15, 0.2) is 18.2 Å². The van der Waals surface area contributed by atoms with Crippen molar-refractivity contribution in [1.82, 2.24) is 10.2 Å². The van der Waals surface area contributed by atoms with Crippen LogP contribution in [0.25, 0.3) is 0 Å². The van der Waals surface area contributed by atoms with Crippen LogP contribution in [0.3, 0.4) is 0 Å². The molecule has 0 spiro atoms.